The fourth-order valence-electron chi connectivity index (χ4n) is 2.41. The Kier molecular flexibility index (Phi) is 4.56. The first-order chi connectivity index (χ1) is 11.6. The summed E-state index contributed by atoms with van der Waals surface area (Å²) < 4.78 is 1.69. The molecule has 6 heteroatoms. The average molecular weight is 323 g/mol. The molecule has 0 spiro atoms. The van der Waals surface area contributed by atoms with Gasteiger partial charge in [0.25, 0.3) is 0 Å². The van der Waals surface area contributed by atoms with Crippen molar-refractivity contribution in [2.45, 2.75) is 19.4 Å². The minimum Gasteiger partial charge on any atom is -0.504 e. The molecule has 0 aliphatic carbocycles. The molecule has 1 amide bonds. The minimum atomic E-state index is -0.208. The number of imidazole rings is 1. The number of benzene rings is 1. The Morgan fingerprint density at radius 1 is 1.08 bits per heavy atom. The maximum atomic E-state index is 12.0. The molecule has 3 aromatic rings. The van der Waals surface area contributed by atoms with Crippen molar-refractivity contribution >= 4 is 17.3 Å². The van der Waals surface area contributed by atoms with Crippen LogP contribution in [0.15, 0.2) is 54.9 Å². The van der Waals surface area contributed by atoms with Crippen LogP contribution in [0.5, 0.6) is 5.75 Å². The third kappa shape index (κ3) is 3.60. The van der Waals surface area contributed by atoms with Crippen LogP contribution in [0.3, 0.4) is 0 Å². The van der Waals surface area contributed by atoms with Gasteiger partial charge in [-0.1, -0.05) is 30.3 Å². The lowest BCUT2D eigenvalue weighted by Crippen LogP contribution is -2.23. The summed E-state index contributed by atoms with van der Waals surface area (Å²) in [6.07, 6.45) is 3.81. The van der Waals surface area contributed by atoms with Gasteiger partial charge in [-0.05, 0) is 12.1 Å². The van der Waals surface area contributed by atoms with Crippen LogP contribution in [-0.2, 0) is 11.3 Å². The molecular weight excluding hydrogens is 306 g/mol. The van der Waals surface area contributed by atoms with E-state index in [-0.39, 0.29) is 36.8 Å². The van der Waals surface area contributed by atoms with Crippen molar-refractivity contribution in [3.8, 4) is 5.75 Å². The Morgan fingerprint density at radius 2 is 1.88 bits per heavy atom. The number of carbonyl (C=O) groups is 2. The van der Waals surface area contributed by atoms with Crippen LogP contribution < -0.4 is 5.32 Å². The van der Waals surface area contributed by atoms with E-state index in [0.717, 1.165) is 0 Å². The molecule has 0 saturated carbocycles. The lowest BCUT2D eigenvalue weighted by molar-refractivity contribution is -0.121. The Morgan fingerprint density at radius 3 is 2.62 bits per heavy atom. The van der Waals surface area contributed by atoms with E-state index in [4.69, 9.17) is 0 Å². The lowest BCUT2D eigenvalue weighted by Gasteiger charge is -2.03. The standard InChI is InChI=1S/C18H17N3O3/c22-15(13-5-2-1-3-6-13)8-9-17(24)19-11-14-12-21-10-4-7-16(23)18(21)20-14/h1-7,10,12,23H,8-9,11H2,(H,19,24). The van der Waals surface area contributed by atoms with E-state index in [1.165, 1.54) is 0 Å². The molecule has 2 aromatic heterocycles. The van der Waals surface area contributed by atoms with Crippen LogP contribution in [0.1, 0.15) is 28.9 Å². The number of nitrogens with zero attached hydrogens (tertiary/aromatic N) is 2. The highest BCUT2D eigenvalue weighted by molar-refractivity contribution is 5.97. The highest BCUT2D eigenvalue weighted by Crippen LogP contribution is 2.16. The molecule has 0 fully saturated rings. The second-order valence-corrected chi connectivity index (χ2v) is 5.42. The Balaban J connectivity index is 1.52. The fourth-order valence-corrected chi connectivity index (χ4v) is 2.41. The van der Waals surface area contributed by atoms with Gasteiger partial charge in [0.1, 0.15) is 0 Å². The van der Waals surface area contributed by atoms with E-state index in [1.54, 1.807) is 53.2 Å². The molecule has 6 nitrogen and oxygen atoms in total. The first kappa shape index (κ1) is 15.7. The van der Waals surface area contributed by atoms with Crippen molar-refractivity contribution in [2.75, 3.05) is 0 Å². The molecule has 0 bridgehead atoms. The topological polar surface area (TPSA) is 83.7 Å². The van der Waals surface area contributed by atoms with Gasteiger partial charge in [0.15, 0.2) is 17.2 Å². The van der Waals surface area contributed by atoms with Crippen molar-refractivity contribution < 1.29 is 14.7 Å². The molecule has 0 aliphatic rings. The molecule has 3 rings (SSSR count). The molecule has 122 valence electrons. The predicted molar refractivity (Wildman–Crippen MR) is 88.7 cm³/mol. The van der Waals surface area contributed by atoms with Crippen molar-refractivity contribution in [3.05, 3.63) is 66.1 Å². The highest BCUT2D eigenvalue weighted by Gasteiger charge is 2.10. The molecular formula is C18H17N3O3. The van der Waals surface area contributed by atoms with Gasteiger partial charge < -0.3 is 14.8 Å². The number of hydrogen-bond donors (Lipinski definition) is 2. The van der Waals surface area contributed by atoms with Crippen LogP contribution in [-0.4, -0.2) is 26.2 Å². The maximum Gasteiger partial charge on any atom is 0.220 e. The van der Waals surface area contributed by atoms with E-state index in [1.807, 2.05) is 6.07 Å². The number of Topliss-reactive ketones (excluding diaryl/α,β-unsaturated/α-hetero) is 1. The van der Waals surface area contributed by atoms with Crippen LogP contribution in [0, 0.1) is 0 Å². The number of ketones is 1. The second kappa shape index (κ2) is 6.95. The number of amides is 1. The van der Waals surface area contributed by atoms with Crippen LogP contribution in [0.25, 0.3) is 5.65 Å². The van der Waals surface area contributed by atoms with E-state index in [9.17, 15) is 14.7 Å². The predicted octanol–water partition coefficient (Wildman–Crippen LogP) is 2.32. The zero-order valence-corrected chi connectivity index (χ0v) is 13.0. The third-order valence-electron chi connectivity index (χ3n) is 3.65. The largest absolute Gasteiger partial charge is 0.504 e. The molecule has 0 saturated heterocycles. The number of rotatable bonds is 6. The summed E-state index contributed by atoms with van der Waals surface area (Å²) in [6.45, 7) is 0.249. The highest BCUT2D eigenvalue weighted by atomic mass is 16.3. The van der Waals surface area contributed by atoms with Gasteiger partial charge in [0.2, 0.25) is 5.91 Å². The Hall–Kier alpha value is -3.15. The van der Waals surface area contributed by atoms with E-state index in [2.05, 4.69) is 10.3 Å². The van der Waals surface area contributed by atoms with Crippen LogP contribution in [0.2, 0.25) is 0 Å². The first-order valence-corrected chi connectivity index (χ1v) is 7.64. The molecule has 1 aromatic carbocycles. The van der Waals surface area contributed by atoms with E-state index in [0.29, 0.717) is 16.9 Å². The zero-order valence-electron chi connectivity index (χ0n) is 13.0. The average Bonchev–Trinajstić information content (AvgIpc) is 3.03. The first-order valence-electron chi connectivity index (χ1n) is 7.64. The van der Waals surface area contributed by atoms with E-state index >= 15 is 0 Å². The quantitative estimate of drug-likeness (QED) is 0.682. The summed E-state index contributed by atoms with van der Waals surface area (Å²) in [5, 5.41) is 12.4. The Bertz CT molecular complexity index is 872. The third-order valence-corrected chi connectivity index (χ3v) is 3.65. The zero-order chi connectivity index (χ0) is 16.9. The molecule has 2 heterocycles. The summed E-state index contributed by atoms with van der Waals surface area (Å²) in [4.78, 5) is 28.1. The molecule has 0 unspecified atom stereocenters. The number of carbonyl (C=O) groups excluding carboxylic acids is 2. The lowest BCUT2D eigenvalue weighted by atomic mass is 10.1. The molecule has 0 aliphatic heterocycles. The minimum absolute atomic E-state index is 0.0524. The van der Waals surface area contributed by atoms with Gasteiger partial charge >= 0.3 is 0 Å². The van der Waals surface area contributed by atoms with Crippen molar-refractivity contribution in [1.29, 1.82) is 0 Å². The van der Waals surface area contributed by atoms with Gasteiger partial charge in [-0.15, -0.1) is 0 Å². The monoisotopic (exact) mass is 323 g/mol. The van der Waals surface area contributed by atoms with Gasteiger partial charge in [0, 0.05) is 30.8 Å². The van der Waals surface area contributed by atoms with Crippen molar-refractivity contribution in [2.24, 2.45) is 0 Å². The van der Waals surface area contributed by atoms with Crippen LogP contribution >= 0.6 is 0 Å². The van der Waals surface area contributed by atoms with Gasteiger partial charge in [-0.25, -0.2) is 4.98 Å². The second-order valence-electron chi connectivity index (χ2n) is 5.42. The van der Waals surface area contributed by atoms with Crippen LogP contribution in [0.4, 0.5) is 0 Å². The molecule has 24 heavy (non-hydrogen) atoms. The summed E-state index contributed by atoms with van der Waals surface area (Å²) in [5.41, 5.74) is 1.70. The Labute approximate surface area is 138 Å². The number of fused-ring (bicyclic) bond motifs is 1. The summed E-state index contributed by atoms with van der Waals surface area (Å²) in [5.74, 6) is -0.174. The van der Waals surface area contributed by atoms with Crippen molar-refractivity contribution in [3.63, 3.8) is 0 Å². The fraction of sp³-hybridized carbons (Fsp3) is 0.167. The van der Waals surface area contributed by atoms with Gasteiger partial charge in [0.05, 0.1) is 12.2 Å². The molecule has 0 radical (unpaired) electrons. The summed E-state index contributed by atoms with van der Waals surface area (Å²) >= 11 is 0. The number of aromatic nitrogens is 2. The van der Waals surface area contributed by atoms with Gasteiger partial charge in [-0.3, -0.25) is 9.59 Å². The number of nitrogens with one attached hydrogen (secondary N) is 1. The molecule has 2 N–H and O–H groups in total. The number of hydrogen-bond acceptors (Lipinski definition) is 4. The SMILES string of the molecule is O=C(CCC(=O)c1ccccc1)NCc1cn2cccc(O)c2n1. The van der Waals surface area contributed by atoms with E-state index < -0.39 is 0 Å². The summed E-state index contributed by atoms with van der Waals surface area (Å²) in [6, 6.07) is 12.2. The maximum absolute atomic E-state index is 12.0. The summed E-state index contributed by atoms with van der Waals surface area (Å²) in [7, 11) is 0. The van der Waals surface area contributed by atoms with Crippen molar-refractivity contribution in [1.82, 2.24) is 14.7 Å². The number of pyridine rings is 1. The van der Waals surface area contributed by atoms with Gasteiger partial charge in [-0.2, -0.15) is 0 Å². The number of aromatic hydroxyl groups is 1. The molecule has 0 atom stereocenters. The smallest absolute Gasteiger partial charge is 0.220 e. The normalized spacial score (nSPS) is 10.7.